The lowest BCUT2D eigenvalue weighted by atomic mass is 10.1. The van der Waals surface area contributed by atoms with Crippen molar-refractivity contribution in [3.63, 3.8) is 0 Å². The lowest BCUT2D eigenvalue weighted by Gasteiger charge is -2.12. The molecule has 3 heterocycles. The zero-order valence-corrected chi connectivity index (χ0v) is 19.9. The summed E-state index contributed by atoms with van der Waals surface area (Å²) in [5, 5.41) is 14.0. The van der Waals surface area contributed by atoms with Gasteiger partial charge in [0.25, 0.3) is 0 Å². The lowest BCUT2D eigenvalue weighted by molar-refractivity contribution is 0.378. The van der Waals surface area contributed by atoms with Crippen LogP contribution in [-0.4, -0.2) is 35.6 Å². The third kappa shape index (κ3) is 4.77. The topological polar surface area (TPSA) is 82.5 Å². The summed E-state index contributed by atoms with van der Waals surface area (Å²) in [6.07, 6.45) is 5.02. The van der Waals surface area contributed by atoms with E-state index in [2.05, 4.69) is 74.1 Å². The summed E-state index contributed by atoms with van der Waals surface area (Å²) in [6, 6.07) is 20.4. The number of nitrogens with zero attached hydrogens (tertiary/aromatic N) is 6. The molecule has 34 heavy (non-hydrogen) atoms. The molecule has 170 valence electrons. The summed E-state index contributed by atoms with van der Waals surface area (Å²) < 4.78 is 7.57. The fourth-order valence-electron chi connectivity index (χ4n) is 3.60. The first-order chi connectivity index (χ1) is 16.7. The third-order valence-corrected chi connectivity index (χ3v) is 6.60. The molecule has 5 rings (SSSR count). The molecule has 0 saturated heterocycles. The number of aromatic nitrogens is 6. The van der Waals surface area contributed by atoms with Crippen molar-refractivity contribution in [1.82, 2.24) is 29.9 Å². The Bertz CT molecular complexity index is 1380. The van der Waals surface area contributed by atoms with E-state index in [-0.39, 0.29) is 0 Å². The first-order valence-corrected chi connectivity index (χ1v) is 12.1. The zero-order valence-electron chi connectivity index (χ0n) is 19.0. The van der Waals surface area contributed by atoms with Crippen molar-refractivity contribution in [1.29, 1.82) is 0 Å². The van der Waals surface area contributed by atoms with Gasteiger partial charge in [-0.05, 0) is 55.7 Å². The summed E-state index contributed by atoms with van der Waals surface area (Å²) >= 11 is 1.68. The van der Waals surface area contributed by atoms with Crippen molar-refractivity contribution >= 4 is 11.8 Å². The Morgan fingerprint density at radius 3 is 2.50 bits per heavy atom. The Morgan fingerprint density at radius 2 is 1.71 bits per heavy atom. The van der Waals surface area contributed by atoms with Gasteiger partial charge in [0.2, 0.25) is 11.7 Å². The molecule has 0 unspecified atom stereocenters. The maximum atomic E-state index is 5.43. The Balaban J connectivity index is 1.31. The lowest BCUT2D eigenvalue weighted by Crippen LogP contribution is -2.01. The number of hydrogen-bond acceptors (Lipinski definition) is 7. The van der Waals surface area contributed by atoms with Gasteiger partial charge in [0, 0.05) is 35.7 Å². The van der Waals surface area contributed by atoms with Crippen LogP contribution < -0.4 is 0 Å². The average Bonchev–Trinajstić information content (AvgIpc) is 3.52. The van der Waals surface area contributed by atoms with E-state index >= 15 is 0 Å². The predicted octanol–water partition coefficient (Wildman–Crippen LogP) is 5.72. The van der Waals surface area contributed by atoms with E-state index in [1.807, 2.05) is 30.3 Å². The zero-order chi connectivity index (χ0) is 23.3. The molecule has 0 amide bonds. The van der Waals surface area contributed by atoms with Gasteiger partial charge in [-0.15, -0.1) is 10.2 Å². The molecular weight excluding hydrogens is 444 g/mol. The van der Waals surface area contributed by atoms with Gasteiger partial charge < -0.3 is 4.52 Å². The molecule has 0 spiro atoms. The van der Waals surface area contributed by atoms with Crippen LogP contribution in [0, 0.1) is 13.8 Å². The molecule has 3 aromatic heterocycles. The second-order valence-electron chi connectivity index (χ2n) is 7.98. The van der Waals surface area contributed by atoms with Gasteiger partial charge in [-0.3, -0.25) is 9.55 Å². The standard InChI is InChI=1S/C26H24N6OS/c1-18-10-11-22(17-19(18)2)32-25(21-7-4-3-5-8-21)29-30-26(32)34-16-6-9-23-28-24(31-33-23)20-12-14-27-15-13-20/h3-5,7-8,10-15,17H,6,9,16H2,1-2H3. The molecule has 0 bridgehead atoms. The van der Waals surface area contributed by atoms with Crippen LogP contribution in [0.4, 0.5) is 0 Å². The van der Waals surface area contributed by atoms with Gasteiger partial charge in [0.1, 0.15) is 0 Å². The molecule has 0 fully saturated rings. The van der Waals surface area contributed by atoms with Crippen LogP contribution in [0.5, 0.6) is 0 Å². The smallest absolute Gasteiger partial charge is 0.226 e. The minimum Gasteiger partial charge on any atom is -0.339 e. The van der Waals surface area contributed by atoms with E-state index in [0.29, 0.717) is 18.1 Å². The van der Waals surface area contributed by atoms with Gasteiger partial charge in [-0.1, -0.05) is 53.3 Å². The van der Waals surface area contributed by atoms with E-state index < -0.39 is 0 Å². The summed E-state index contributed by atoms with van der Waals surface area (Å²) in [5.74, 6) is 2.91. The Kier molecular flexibility index (Phi) is 6.49. The number of benzene rings is 2. The molecule has 0 atom stereocenters. The third-order valence-electron chi connectivity index (χ3n) is 5.59. The maximum absolute atomic E-state index is 5.43. The fraction of sp³-hybridized carbons (Fsp3) is 0.192. The highest BCUT2D eigenvalue weighted by molar-refractivity contribution is 7.99. The van der Waals surface area contributed by atoms with Crippen molar-refractivity contribution < 1.29 is 4.52 Å². The molecule has 0 aliphatic carbocycles. The second kappa shape index (κ2) is 10.0. The maximum Gasteiger partial charge on any atom is 0.226 e. The molecule has 7 nitrogen and oxygen atoms in total. The largest absolute Gasteiger partial charge is 0.339 e. The molecule has 0 radical (unpaired) electrons. The summed E-state index contributed by atoms with van der Waals surface area (Å²) in [4.78, 5) is 8.53. The van der Waals surface area contributed by atoms with Crippen LogP contribution in [0.1, 0.15) is 23.4 Å². The Labute approximate surface area is 202 Å². The summed E-state index contributed by atoms with van der Waals surface area (Å²) in [6.45, 7) is 4.25. The van der Waals surface area contributed by atoms with Crippen LogP contribution in [0.25, 0.3) is 28.5 Å². The number of hydrogen-bond donors (Lipinski definition) is 0. The molecule has 8 heteroatoms. The van der Waals surface area contributed by atoms with Gasteiger partial charge in [-0.25, -0.2) is 0 Å². The van der Waals surface area contributed by atoms with Crippen molar-refractivity contribution in [3.05, 3.63) is 90.1 Å². The van der Waals surface area contributed by atoms with Crippen LogP contribution in [-0.2, 0) is 6.42 Å². The van der Waals surface area contributed by atoms with Crippen molar-refractivity contribution in [2.45, 2.75) is 31.8 Å². The van der Waals surface area contributed by atoms with E-state index in [9.17, 15) is 0 Å². The minimum atomic E-state index is 0.590. The van der Waals surface area contributed by atoms with Crippen LogP contribution in [0.3, 0.4) is 0 Å². The second-order valence-corrected chi connectivity index (χ2v) is 9.04. The first kappa shape index (κ1) is 22.0. The molecule has 0 aliphatic rings. The Morgan fingerprint density at radius 1 is 0.882 bits per heavy atom. The average molecular weight is 469 g/mol. The van der Waals surface area contributed by atoms with Crippen molar-refractivity contribution in [2.24, 2.45) is 0 Å². The van der Waals surface area contributed by atoms with Gasteiger partial charge >= 0.3 is 0 Å². The van der Waals surface area contributed by atoms with Gasteiger partial charge in [0.15, 0.2) is 11.0 Å². The highest BCUT2D eigenvalue weighted by atomic mass is 32.2. The van der Waals surface area contributed by atoms with E-state index in [4.69, 9.17) is 4.52 Å². The Hall–Kier alpha value is -3.78. The normalized spacial score (nSPS) is 11.1. The van der Waals surface area contributed by atoms with Crippen molar-refractivity contribution in [2.75, 3.05) is 5.75 Å². The van der Waals surface area contributed by atoms with Crippen molar-refractivity contribution in [3.8, 4) is 28.5 Å². The molecule has 2 aromatic carbocycles. The number of aryl methyl sites for hydroxylation is 3. The molecule has 0 N–H and O–H groups in total. The highest BCUT2D eigenvalue weighted by Crippen LogP contribution is 2.29. The van der Waals surface area contributed by atoms with Crippen LogP contribution >= 0.6 is 11.8 Å². The highest BCUT2D eigenvalue weighted by Gasteiger charge is 2.17. The van der Waals surface area contributed by atoms with E-state index in [1.54, 1.807) is 24.2 Å². The fourth-order valence-corrected chi connectivity index (χ4v) is 4.49. The van der Waals surface area contributed by atoms with E-state index in [0.717, 1.165) is 40.0 Å². The monoisotopic (exact) mass is 468 g/mol. The van der Waals surface area contributed by atoms with Crippen LogP contribution in [0.15, 0.2) is 82.7 Å². The quantitative estimate of drug-likeness (QED) is 0.213. The summed E-state index contributed by atoms with van der Waals surface area (Å²) in [5.41, 5.74) is 5.50. The van der Waals surface area contributed by atoms with Gasteiger partial charge in [0.05, 0.1) is 5.69 Å². The molecule has 0 saturated carbocycles. The number of thioether (sulfide) groups is 1. The SMILES string of the molecule is Cc1ccc(-n2c(SCCCc3nc(-c4ccncc4)no3)nnc2-c2ccccc2)cc1C. The molecular formula is C26H24N6OS. The number of pyridine rings is 1. The van der Waals surface area contributed by atoms with Gasteiger partial charge in [-0.2, -0.15) is 4.98 Å². The molecule has 0 aliphatic heterocycles. The van der Waals surface area contributed by atoms with Crippen LogP contribution in [0.2, 0.25) is 0 Å². The minimum absolute atomic E-state index is 0.590. The molecule has 5 aromatic rings. The van der Waals surface area contributed by atoms with E-state index in [1.165, 1.54) is 11.1 Å². The first-order valence-electron chi connectivity index (χ1n) is 11.1. The summed E-state index contributed by atoms with van der Waals surface area (Å²) in [7, 11) is 0. The number of rotatable bonds is 8. The predicted molar refractivity (Wildman–Crippen MR) is 133 cm³/mol.